The number of rotatable bonds is 7. The Hall–Kier alpha value is -3.11. The third kappa shape index (κ3) is 4.04. The van der Waals surface area contributed by atoms with E-state index in [-0.39, 0.29) is 19.1 Å². The second kappa shape index (κ2) is 9.03. The number of nitrogens with one attached hydrogen (secondary N) is 1. The molecule has 176 valence electrons. The van der Waals surface area contributed by atoms with Crippen LogP contribution in [0.5, 0.6) is 11.5 Å². The number of hydrogen-bond donors (Lipinski definition) is 2. The van der Waals surface area contributed by atoms with Crippen LogP contribution in [0.2, 0.25) is 0 Å². The average Bonchev–Trinajstić information content (AvgIpc) is 3.18. The summed E-state index contributed by atoms with van der Waals surface area (Å²) in [6.07, 6.45) is 3.86. The summed E-state index contributed by atoms with van der Waals surface area (Å²) >= 11 is 0. The molecule has 4 heterocycles. The SMILES string of the molecule is COc1ccc(CN2C(=O)CN(CCO)c3c(N4CC5CCC(C4)N5)ncnc32)c(OC)c1. The van der Waals surface area contributed by atoms with Gasteiger partial charge < -0.3 is 29.7 Å². The number of fused-ring (bicyclic) bond motifs is 3. The molecule has 0 saturated carbocycles. The largest absolute Gasteiger partial charge is 0.497 e. The van der Waals surface area contributed by atoms with Crippen molar-refractivity contribution in [2.75, 3.05) is 61.7 Å². The zero-order valence-corrected chi connectivity index (χ0v) is 19.0. The van der Waals surface area contributed by atoms with Crippen LogP contribution in [0.4, 0.5) is 17.3 Å². The zero-order valence-electron chi connectivity index (χ0n) is 19.0. The van der Waals surface area contributed by atoms with Crippen molar-refractivity contribution in [3.63, 3.8) is 0 Å². The standard InChI is InChI=1S/C23H30N6O4/c1-32-18-6-3-15(19(9-18)33-2)10-29-20(31)13-27(7-8-30)21-22(24-14-25-23(21)29)28-11-16-4-5-17(12-28)26-16/h3,6,9,14,16-17,26,30H,4-5,7-8,10-13H2,1-2H3. The number of carbonyl (C=O) groups is 1. The van der Waals surface area contributed by atoms with Gasteiger partial charge in [-0.3, -0.25) is 9.69 Å². The van der Waals surface area contributed by atoms with Crippen LogP contribution in [0.1, 0.15) is 18.4 Å². The molecule has 1 amide bonds. The third-order valence-corrected chi connectivity index (χ3v) is 6.69. The number of β-amino-alcohol motifs (C(OH)–C–C–N with tert-alkyl or cyclic N) is 1. The number of ether oxygens (including phenoxy) is 2. The lowest BCUT2D eigenvalue weighted by Gasteiger charge is -2.40. The molecule has 2 fully saturated rings. The second-order valence-corrected chi connectivity index (χ2v) is 8.72. The van der Waals surface area contributed by atoms with E-state index in [1.807, 2.05) is 23.1 Å². The van der Waals surface area contributed by atoms with Crippen LogP contribution < -0.4 is 29.5 Å². The number of benzene rings is 1. The normalized spacial score (nSPS) is 21.9. The number of methoxy groups -OCH3 is 2. The topological polar surface area (TPSA) is 103 Å². The molecule has 0 radical (unpaired) electrons. The van der Waals surface area contributed by atoms with Crippen molar-refractivity contribution in [1.29, 1.82) is 0 Å². The van der Waals surface area contributed by atoms with Gasteiger partial charge in [-0.1, -0.05) is 0 Å². The molecule has 5 rings (SSSR count). The van der Waals surface area contributed by atoms with E-state index < -0.39 is 0 Å². The van der Waals surface area contributed by atoms with Crippen molar-refractivity contribution in [3.8, 4) is 11.5 Å². The Morgan fingerprint density at radius 2 is 1.88 bits per heavy atom. The maximum atomic E-state index is 13.2. The summed E-state index contributed by atoms with van der Waals surface area (Å²) in [5.41, 5.74) is 1.66. The molecule has 2 bridgehead atoms. The maximum absolute atomic E-state index is 13.2. The van der Waals surface area contributed by atoms with Gasteiger partial charge in [0.1, 0.15) is 23.5 Å². The Kier molecular flexibility index (Phi) is 5.94. The number of nitrogens with zero attached hydrogens (tertiary/aromatic N) is 5. The van der Waals surface area contributed by atoms with Crippen molar-refractivity contribution in [1.82, 2.24) is 15.3 Å². The molecule has 2 atom stereocenters. The van der Waals surface area contributed by atoms with Gasteiger partial charge >= 0.3 is 0 Å². The molecule has 2 aromatic rings. The summed E-state index contributed by atoms with van der Waals surface area (Å²) in [6.45, 7) is 2.50. The molecule has 10 heteroatoms. The van der Waals surface area contributed by atoms with Gasteiger partial charge in [0.2, 0.25) is 5.91 Å². The molecule has 0 aliphatic carbocycles. The average molecular weight is 455 g/mol. The highest BCUT2D eigenvalue weighted by Crippen LogP contribution is 2.41. The fourth-order valence-corrected chi connectivity index (χ4v) is 5.12. The van der Waals surface area contributed by atoms with Crippen molar-refractivity contribution < 1.29 is 19.4 Å². The number of anilines is 3. The Bertz CT molecular complexity index is 1020. The molecule has 1 aromatic heterocycles. The lowest BCUT2D eigenvalue weighted by molar-refractivity contribution is -0.117. The van der Waals surface area contributed by atoms with Gasteiger partial charge in [-0.25, -0.2) is 9.97 Å². The highest BCUT2D eigenvalue weighted by molar-refractivity contribution is 6.04. The second-order valence-electron chi connectivity index (χ2n) is 8.72. The molecule has 33 heavy (non-hydrogen) atoms. The smallest absolute Gasteiger partial charge is 0.248 e. The molecule has 3 aliphatic rings. The van der Waals surface area contributed by atoms with Gasteiger partial charge in [-0.2, -0.15) is 0 Å². The minimum Gasteiger partial charge on any atom is -0.497 e. The third-order valence-electron chi connectivity index (χ3n) is 6.69. The van der Waals surface area contributed by atoms with Gasteiger partial charge in [0, 0.05) is 43.3 Å². The molecule has 2 N–H and O–H groups in total. The monoisotopic (exact) mass is 454 g/mol. The number of hydrogen-bond acceptors (Lipinski definition) is 9. The summed E-state index contributed by atoms with van der Waals surface area (Å²) in [6, 6.07) is 6.47. The van der Waals surface area contributed by atoms with Crippen molar-refractivity contribution >= 4 is 23.2 Å². The van der Waals surface area contributed by atoms with E-state index in [1.54, 1.807) is 19.1 Å². The zero-order chi connectivity index (χ0) is 22.9. The van der Waals surface area contributed by atoms with Crippen molar-refractivity contribution in [2.45, 2.75) is 31.5 Å². The maximum Gasteiger partial charge on any atom is 0.248 e. The predicted molar refractivity (Wildman–Crippen MR) is 124 cm³/mol. The summed E-state index contributed by atoms with van der Waals surface area (Å²) in [5.74, 6) is 2.64. The first-order valence-electron chi connectivity index (χ1n) is 11.3. The van der Waals surface area contributed by atoms with Gasteiger partial charge in [-0.05, 0) is 25.0 Å². The lowest BCUT2D eigenvalue weighted by atomic mass is 10.1. The van der Waals surface area contributed by atoms with Gasteiger partial charge in [0.05, 0.1) is 33.9 Å². The van der Waals surface area contributed by atoms with Crippen LogP contribution in [0.25, 0.3) is 0 Å². The first kappa shape index (κ1) is 21.7. The van der Waals surface area contributed by atoms with Crippen LogP contribution >= 0.6 is 0 Å². The quantitative estimate of drug-likeness (QED) is 0.628. The molecule has 3 aliphatic heterocycles. The molecular weight excluding hydrogens is 424 g/mol. The highest BCUT2D eigenvalue weighted by Gasteiger charge is 2.38. The van der Waals surface area contributed by atoms with Gasteiger partial charge in [0.15, 0.2) is 11.6 Å². The Labute approximate surface area is 193 Å². The van der Waals surface area contributed by atoms with Crippen LogP contribution in [0, 0.1) is 0 Å². The summed E-state index contributed by atoms with van der Waals surface area (Å²) in [4.78, 5) is 28.3. The van der Waals surface area contributed by atoms with Crippen LogP contribution in [0.3, 0.4) is 0 Å². The van der Waals surface area contributed by atoms with Crippen LogP contribution in [-0.2, 0) is 11.3 Å². The van der Waals surface area contributed by atoms with E-state index in [9.17, 15) is 9.90 Å². The first-order chi connectivity index (χ1) is 16.1. The van der Waals surface area contributed by atoms with E-state index in [0.29, 0.717) is 42.5 Å². The van der Waals surface area contributed by atoms with E-state index >= 15 is 0 Å². The molecule has 1 aromatic carbocycles. The van der Waals surface area contributed by atoms with E-state index in [0.717, 1.165) is 43.0 Å². The number of aliphatic hydroxyl groups is 1. The van der Waals surface area contributed by atoms with Crippen molar-refractivity contribution in [2.24, 2.45) is 0 Å². The predicted octanol–water partition coefficient (Wildman–Crippen LogP) is 0.780. The first-order valence-corrected chi connectivity index (χ1v) is 11.3. The Morgan fingerprint density at radius 3 is 2.58 bits per heavy atom. The molecule has 2 saturated heterocycles. The van der Waals surface area contributed by atoms with E-state index in [1.165, 1.54) is 6.33 Å². The summed E-state index contributed by atoms with van der Waals surface area (Å²) in [7, 11) is 3.21. The van der Waals surface area contributed by atoms with Crippen LogP contribution in [0.15, 0.2) is 24.5 Å². The number of aliphatic hydroxyl groups excluding tert-OH is 1. The number of aromatic nitrogens is 2. The molecule has 0 spiro atoms. The fourth-order valence-electron chi connectivity index (χ4n) is 5.12. The number of carbonyl (C=O) groups excluding carboxylic acids is 1. The Morgan fingerprint density at radius 1 is 1.12 bits per heavy atom. The lowest BCUT2D eigenvalue weighted by Crippen LogP contribution is -2.53. The number of piperazine rings is 1. The number of amides is 1. The highest BCUT2D eigenvalue weighted by atomic mass is 16.5. The summed E-state index contributed by atoms with van der Waals surface area (Å²) in [5, 5.41) is 13.3. The fraction of sp³-hybridized carbons (Fsp3) is 0.522. The summed E-state index contributed by atoms with van der Waals surface area (Å²) < 4.78 is 10.9. The molecule has 2 unspecified atom stereocenters. The molecular formula is C23H30N6O4. The van der Waals surface area contributed by atoms with Crippen molar-refractivity contribution in [3.05, 3.63) is 30.1 Å². The minimum atomic E-state index is -0.0844. The Balaban J connectivity index is 1.53. The van der Waals surface area contributed by atoms with Gasteiger partial charge in [-0.15, -0.1) is 0 Å². The van der Waals surface area contributed by atoms with E-state index in [4.69, 9.17) is 9.47 Å². The van der Waals surface area contributed by atoms with Gasteiger partial charge in [0.25, 0.3) is 0 Å². The van der Waals surface area contributed by atoms with Crippen LogP contribution in [-0.4, -0.2) is 80.1 Å². The van der Waals surface area contributed by atoms with E-state index in [2.05, 4.69) is 20.2 Å². The minimum absolute atomic E-state index is 0.0554. The molecule has 10 nitrogen and oxygen atoms in total.